The number of hydrogen-bond donors (Lipinski definition) is 0. The summed E-state index contributed by atoms with van der Waals surface area (Å²) in [5, 5.41) is 4.97. The smallest absolute Gasteiger partial charge is 0.287 e. The third-order valence-corrected chi connectivity index (χ3v) is 9.04. The molecule has 1 amide bonds. The van der Waals surface area contributed by atoms with E-state index in [0.29, 0.717) is 6.07 Å². The van der Waals surface area contributed by atoms with Crippen LogP contribution in [0.4, 0.5) is 31.5 Å². The predicted molar refractivity (Wildman–Crippen MR) is 103 cm³/mol. The molecule has 1 saturated heterocycles. The molecule has 176 valence electrons. The Morgan fingerprint density at radius 1 is 1.06 bits per heavy atom. The molecule has 0 unspecified atom stereocenters. The summed E-state index contributed by atoms with van der Waals surface area (Å²) in [4.78, 5) is 13.1. The molecule has 3 rings (SSSR count). The Bertz CT molecular complexity index is 1130. The van der Waals surface area contributed by atoms with E-state index in [4.69, 9.17) is 0 Å². The van der Waals surface area contributed by atoms with E-state index < -0.39 is 54.2 Å². The van der Waals surface area contributed by atoms with Crippen molar-refractivity contribution in [1.29, 1.82) is 0 Å². The molecule has 0 radical (unpaired) electrons. The molecule has 1 aromatic heterocycles. The molecule has 1 atom stereocenters. The van der Waals surface area contributed by atoms with Crippen molar-refractivity contribution in [3.8, 4) is 0 Å². The van der Waals surface area contributed by atoms with Crippen molar-refractivity contribution in [3.05, 3.63) is 34.8 Å². The van der Waals surface area contributed by atoms with Crippen LogP contribution in [-0.4, -0.2) is 35.8 Å². The van der Waals surface area contributed by atoms with Gasteiger partial charge in [-0.3, -0.25) is 9.69 Å². The number of anilines is 1. The lowest BCUT2D eigenvalue weighted by molar-refractivity contribution is -0.138. The van der Waals surface area contributed by atoms with Gasteiger partial charge < -0.3 is 0 Å². The standard InChI is InChI=1S/C18H17F6N3O3S2/c1-16(2,32(29,30)12-5-3-4-11(8-12)17(19,20)21)10-6-7-27(13(28)9-10)15-26-25-14(31-15)18(22,23)24/h3-5,8,10H,6-7,9H2,1-2H3/t10-/m1/s1. The van der Waals surface area contributed by atoms with Crippen LogP contribution in [0.15, 0.2) is 29.2 Å². The van der Waals surface area contributed by atoms with E-state index in [-0.39, 0.29) is 35.9 Å². The number of hydrogen-bond acceptors (Lipinski definition) is 6. The summed E-state index contributed by atoms with van der Waals surface area (Å²) in [5.74, 6) is -1.42. The lowest BCUT2D eigenvalue weighted by Crippen LogP contribution is -2.48. The Kier molecular flexibility index (Phi) is 6.09. The lowest BCUT2D eigenvalue weighted by Gasteiger charge is -2.38. The highest BCUT2D eigenvalue weighted by atomic mass is 32.2. The number of rotatable bonds is 4. The van der Waals surface area contributed by atoms with Gasteiger partial charge in [-0.05, 0) is 44.4 Å². The minimum Gasteiger partial charge on any atom is -0.287 e. The Labute approximate surface area is 183 Å². The van der Waals surface area contributed by atoms with E-state index in [9.17, 15) is 39.6 Å². The van der Waals surface area contributed by atoms with E-state index in [1.165, 1.54) is 13.8 Å². The number of amides is 1. The topological polar surface area (TPSA) is 80.2 Å². The molecule has 1 fully saturated rings. The van der Waals surface area contributed by atoms with E-state index in [1.807, 2.05) is 0 Å². The molecular formula is C18H17F6N3O3S2. The summed E-state index contributed by atoms with van der Waals surface area (Å²) in [7, 11) is -4.29. The summed E-state index contributed by atoms with van der Waals surface area (Å²) in [5.41, 5.74) is -1.11. The second kappa shape index (κ2) is 7.97. The fourth-order valence-corrected chi connectivity index (χ4v) is 5.97. The monoisotopic (exact) mass is 501 g/mol. The minimum absolute atomic E-state index is 0.0951. The molecule has 32 heavy (non-hydrogen) atoms. The van der Waals surface area contributed by atoms with Gasteiger partial charge in [0.2, 0.25) is 16.0 Å². The molecule has 2 heterocycles. The van der Waals surface area contributed by atoms with Crippen molar-refractivity contribution < 1.29 is 39.6 Å². The van der Waals surface area contributed by atoms with Gasteiger partial charge in [-0.15, -0.1) is 10.2 Å². The third kappa shape index (κ3) is 4.47. The van der Waals surface area contributed by atoms with Crippen LogP contribution in [0.25, 0.3) is 0 Å². The van der Waals surface area contributed by atoms with Gasteiger partial charge in [-0.1, -0.05) is 17.4 Å². The first-order chi connectivity index (χ1) is 14.5. The number of carbonyl (C=O) groups is 1. The maximum atomic E-state index is 13.2. The largest absolute Gasteiger partial charge is 0.445 e. The fourth-order valence-electron chi connectivity index (χ4n) is 3.43. The second-order valence-electron chi connectivity index (χ2n) is 7.76. The van der Waals surface area contributed by atoms with Crippen molar-refractivity contribution in [2.75, 3.05) is 11.4 Å². The van der Waals surface area contributed by atoms with Gasteiger partial charge in [-0.2, -0.15) is 26.3 Å². The molecule has 0 N–H and O–H groups in total. The van der Waals surface area contributed by atoms with Crippen molar-refractivity contribution >= 4 is 32.2 Å². The van der Waals surface area contributed by atoms with E-state index in [1.54, 1.807) is 0 Å². The van der Waals surface area contributed by atoms with Gasteiger partial charge in [0.15, 0.2) is 9.84 Å². The molecule has 1 aliphatic heterocycles. The summed E-state index contributed by atoms with van der Waals surface area (Å²) in [6.45, 7) is 2.54. The number of benzene rings is 1. The zero-order valence-electron chi connectivity index (χ0n) is 16.7. The van der Waals surface area contributed by atoms with Crippen LogP contribution >= 0.6 is 11.3 Å². The van der Waals surface area contributed by atoms with Crippen molar-refractivity contribution in [2.45, 2.75) is 48.7 Å². The van der Waals surface area contributed by atoms with Crippen molar-refractivity contribution in [3.63, 3.8) is 0 Å². The number of aromatic nitrogens is 2. The highest BCUT2D eigenvalue weighted by Crippen LogP contribution is 2.41. The van der Waals surface area contributed by atoms with E-state index in [2.05, 4.69) is 10.2 Å². The van der Waals surface area contributed by atoms with Crippen molar-refractivity contribution in [2.24, 2.45) is 5.92 Å². The Morgan fingerprint density at radius 3 is 2.25 bits per heavy atom. The van der Waals surface area contributed by atoms with E-state index >= 15 is 0 Å². The van der Waals surface area contributed by atoms with Gasteiger partial charge in [0.05, 0.1) is 15.2 Å². The Hall–Kier alpha value is -2.22. The molecule has 14 heteroatoms. The number of alkyl halides is 6. The highest BCUT2D eigenvalue weighted by molar-refractivity contribution is 7.92. The van der Waals surface area contributed by atoms with Gasteiger partial charge in [-0.25, -0.2) is 8.42 Å². The average molecular weight is 501 g/mol. The van der Waals surface area contributed by atoms with Gasteiger partial charge in [0.25, 0.3) is 0 Å². The zero-order chi connectivity index (χ0) is 24.1. The third-order valence-electron chi connectivity index (χ3n) is 5.46. The van der Waals surface area contributed by atoms with Gasteiger partial charge >= 0.3 is 12.4 Å². The van der Waals surface area contributed by atoms with Crippen LogP contribution in [0.2, 0.25) is 0 Å². The maximum absolute atomic E-state index is 13.2. The molecule has 1 aromatic carbocycles. The van der Waals surface area contributed by atoms with Crippen LogP contribution in [0.5, 0.6) is 0 Å². The van der Waals surface area contributed by atoms with Crippen LogP contribution < -0.4 is 4.90 Å². The van der Waals surface area contributed by atoms with Crippen LogP contribution in [0.1, 0.15) is 37.3 Å². The number of nitrogens with zero attached hydrogens (tertiary/aromatic N) is 3. The Balaban J connectivity index is 1.83. The predicted octanol–water partition coefficient (Wildman–Crippen LogP) is 4.57. The molecule has 0 aliphatic carbocycles. The quantitative estimate of drug-likeness (QED) is 0.574. The lowest BCUT2D eigenvalue weighted by atomic mass is 9.85. The molecular weight excluding hydrogens is 484 g/mol. The summed E-state index contributed by atoms with van der Waals surface area (Å²) in [6, 6.07) is 3.36. The number of carbonyl (C=O) groups excluding carboxylic acids is 1. The van der Waals surface area contributed by atoms with Crippen LogP contribution in [0, 0.1) is 5.92 Å². The van der Waals surface area contributed by atoms with Crippen LogP contribution in [0.3, 0.4) is 0 Å². The van der Waals surface area contributed by atoms with Gasteiger partial charge in [0, 0.05) is 13.0 Å². The highest BCUT2D eigenvalue weighted by Gasteiger charge is 2.47. The molecule has 6 nitrogen and oxygen atoms in total. The molecule has 1 aliphatic rings. The summed E-state index contributed by atoms with van der Waals surface area (Å²) in [6.07, 6.45) is -9.67. The molecule has 0 saturated carbocycles. The van der Waals surface area contributed by atoms with Crippen molar-refractivity contribution in [1.82, 2.24) is 10.2 Å². The first-order valence-electron chi connectivity index (χ1n) is 9.18. The second-order valence-corrected chi connectivity index (χ2v) is 11.2. The summed E-state index contributed by atoms with van der Waals surface area (Å²) < 4.78 is 102. The Morgan fingerprint density at radius 2 is 1.72 bits per heavy atom. The molecule has 0 spiro atoms. The SMILES string of the molecule is CC(C)([C@@H]1CCN(c2nnc(C(F)(F)F)s2)C(=O)C1)S(=O)(=O)c1cccc(C(F)(F)F)c1. The molecule has 2 aromatic rings. The number of halogens is 6. The first-order valence-corrected chi connectivity index (χ1v) is 11.5. The first kappa shape index (κ1) is 24.4. The van der Waals surface area contributed by atoms with Crippen LogP contribution in [-0.2, 0) is 27.0 Å². The fraction of sp³-hybridized carbons (Fsp3) is 0.500. The zero-order valence-corrected chi connectivity index (χ0v) is 18.3. The number of piperidine rings is 1. The normalized spacial score (nSPS) is 18.8. The van der Waals surface area contributed by atoms with Gasteiger partial charge in [0.1, 0.15) is 0 Å². The number of sulfone groups is 1. The maximum Gasteiger partial charge on any atom is 0.445 e. The van der Waals surface area contributed by atoms with E-state index in [0.717, 1.165) is 23.1 Å². The molecule has 0 bridgehead atoms. The average Bonchev–Trinajstić information content (AvgIpc) is 3.17. The summed E-state index contributed by atoms with van der Waals surface area (Å²) >= 11 is 0.198. The minimum atomic E-state index is -4.73.